The number of aryl methyl sites for hydroxylation is 1. The first-order valence-electron chi connectivity index (χ1n) is 8.19. The van der Waals surface area contributed by atoms with Gasteiger partial charge in [0.15, 0.2) is 0 Å². The Labute approximate surface area is 152 Å². The maximum Gasteiger partial charge on any atom is 0.229 e. The number of hydrogen-bond acceptors (Lipinski definition) is 3. The summed E-state index contributed by atoms with van der Waals surface area (Å²) in [4.78, 5) is 12.4. The Bertz CT molecular complexity index is 1050. The van der Waals surface area contributed by atoms with Crippen LogP contribution >= 0.6 is 0 Å². The number of sulfonamides is 1. The molecule has 0 saturated carbocycles. The summed E-state index contributed by atoms with van der Waals surface area (Å²) in [6, 6.07) is 15.0. The van der Waals surface area contributed by atoms with Crippen LogP contribution in [0.4, 0.5) is 5.69 Å². The predicted molar refractivity (Wildman–Crippen MR) is 103 cm³/mol. The number of benzene rings is 2. The van der Waals surface area contributed by atoms with Crippen molar-refractivity contribution in [2.24, 2.45) is 7.05 Å². The van der Waals surface area contributed by atoms with Crippen molar-refractivity contribution in [2.75, 3.05) is 11.0 Å². The Hall–Kier alpha value is -2.80. The number of nitrogens with one attached hydrogen (secondary N) is 2. The molecule has 0 fully saturated rings. The molecule has 0 saturated heterocycles. The van der Waals surface area contributed by atoms with Gasteiger partial charge in [-0.1, -0.05) is 36.4 Å². The van der Waals surface area contributed by atoms with Crippen molar-refractivity contribution in [1.29, 1.82) is 0 Å². The fourth-order valence-electron chi connectivity index (χ4n) is 2.97. The van der Waals surface area contributed by atoms with Gasteiger partial charge in [-0.15, -0.1) is 0 Å². The average molecular weight is 371 g/mol. The third kappa shape index (κ3) is 4.23. The molecule has 0 bridgehead atoms. The number of rotatable bonds is 6. The molecule has 26 heavy (non-hydrogen) atoms. The number of fused-ring (bicyclic) bond motifs is 1. The Kier molecular flexibility index (Phi) is 4.99. The van der Waals surface area contributed by atoms with Gasteiger partial charge in [0, 0.05) is 30.7 Å². The third-order valence-corrected chi connectivity index (χ3v) is 4.71. The van der Waals surface area contributed by atoms with E-state index < -0.39 is 10.0 Å². The summed E-state index contributed by atoms with van der Waals surface area (Å²) in [5.41, 5.74) is 3.23. The normalized spacial score (nSPS) is 11.5. The first-order chi connectivity index (χ1) is 12.3. The average Bonchev–Trinajstić information content (AvgIpc) is 2.89. The lowest BCUT2D eigenvalue weighted by atomic mass is 10.1. The second-order valence-electron chi connectivity index (χ2n) is 6.27. The number of carbonyl (C=O) groups excluding carboxylic acids is 1. The van der Waals surface area contributed by atoms with Gasteiger partial charge < -0.3 is 9.88 Å². The molecular weight excluding hydrogens is 350 g/mol. The molecule has 6 nitrogen and oxygen atoms in total. The van der Waals surface area contributed by atoms with E-state index in [-0.39, 0.29) is 18.9 Å². The van der Waals surface area contributed by atoms with E-state index in [2.05, 4.69) is 10.0 Å². The van der Waals surface area contributed by atoms with Crippen LogP contribution < -0.4 is 10.0 Å². The molecule has 1 aromatic heterocycles. The summed E-state index contributed by atoms with van der Waals surface area (Å²) in [6.07, 6.45) is 3.33. The Balaban J connectivity index is 1.70. The quantitative estimate of drug-likeness (QED) is 0.698. The van der Waals surface area contributed by atoms with E-state index in [4.69, 9.17) is 0 Å². The molecule has 0 unspecified atom stereocenters. The maximum absolute atomic E-state index is 12.4. The van der Waals surface area contributed by atoms with Crippen molar-refractivity contribution in [3.8, 4) is 0 Å². The van der Waals surface area contributed by atoms with Crippen LogP contribution in [0.2, 0.25) is 0 Å². The molecule has 1 amide bonds. The van der Waals surface area contributed by atoms with Gasteiger partial charge in [0.1, 0.15) is 0 Å². The van der Waals surface area contributed by atoms with Gasteiger partial charge in [-0.3, -0.25) is 9.52 Å². The molecule has 7 heteroatoms. The van der Waals surface area contributed by atoms with Crippen LogP contribution in [0.25, 0.3) is 10.9 Å². The molecule has 0 radical (unpaired) electrons. The lowest BCUT2D eigenvalue weighted by Gasteiger charge is -2.11. The molecule has 0 aliphatic rings. The minimum Gasteiger partial charge on any atom is -0.352 e. The minimum atomic E-state index is -3.37. The van der Waals surface area contributed by atoms with E-state index in [0.29, 0.717) is 11.3 Å². The Morgan fingerprint density at radius 3 is 2.50 bits per heavy atom. The number of para-hydroxylation sites is 2. The molecule has 2 aromatic carbocycles. The highest BCUT2D eigenvalue weighted by atomic mass is 32.2. The topological polar surface area (TPSA) is 80.2 Å². The van der Waals surface area contributed by atoms with Gasteiger partial charge in [-0.2, -0.15) is 0 Å². The number of aromatic nitrogens is 1. The summed E-state index contributed by atoms with van der Waals surface area (Å²) in [7, 11) is -1.42. The molecule has 3 aromatic rings. The fraction of sp³-hybridized carbons (Fsp3) is 0.211. The Morgan fingerprint density at radius 2 is 1.73 bits per heavy atom. The van der Waals surface area contributed by atoms with Crippen molar-refractivity contribution in [1.82, 2.24) is 9.88 Å². The zero-order valence-electron chi connectivity index (χ0n) is 14.7. The van der Waals surface area contributed by atoms with E-state index >= 15 is 0 Å². The van der Waals surface area contributed by atoms with Crippen molar-refractivity contribution in [3.63, 3.8) is 0 Å². The smallest absolute Gasteiger partial charge is 0.229 e. The van der Waals surface area contributed by atoms with Crippen molar-refractivity contribution < 1.29 is 13.2 Å². The second kappa shape index (κ2) is 7.21. The van der Waals surface area contributed by atoms with Crippen molar-refractivity contribution >= 4 is 32.5 Å². The van der Waals surface area contributed by atoms with E-state index in [1.165, 1.54) is 0 Å². The van der Waals surface area contributed by atoms with Crippen LogP contribution in [0.5, 0.6) is 0 Å². The van der Waals surface area contributed by atoms with Crippen LogP contribution in [0.15, 0.2) is 54.7 Å². The van der Waals surface area contributed by atoms with Gasteiger partial charge in [0.25, 0.3) is 0 Å². The van der Waals surface area contributed by atoms with E-state index in [1.54, 1.807) is 24.3 Å². The molecule has 0 aliphatic carbocycles. The number of amides is 1. The van der Waals surface area contributed by atoms with Crippen LogP contribution in [0.1, 0.15) is 11.1 Å². The lowest BCUT2D eigenvalue weighted by Crippen LogP contribution is -2.25. The predicted octanol–water partition coefficient (Wildman–Crippen LogP) is 2.41. The first kappa shape index (κ1) is 18.0. The van der Waals surface area contributed by atoms with Crippen LogP contribution in [-0.4, -0.2) is 25.1 Å². The van der Waals surface area contributed by atoms with Gasteiger partial charge in [-0.25, -0.2) is 8.42 Å². The highest BCUT2D eigenvalue weighted by Crippen LogP contribution is 2.21. The molecule has 136 valence electrons. The SMILES string of the molecule is Cn1cc(CC(=O)NCc2ccccc2NS(C)(=O)=O)c2ccccc21. The summed E-state index contributed by atoms with van der Waals surface area (Å²) >= 11 is 0. The molecular formula is C19H21N3O3S. The van der Waals surface area contributed by atoms with Crippen LogP contribution in [-0.2, 0) is 34.8 Å². The number of hydrogen-bond donors (Lipinski definition) is 2. The highest BCUT2D eigenvalue weighted by Gasteiger charge is 2.12. The monoisotopic (exact) mass is 371 g/mol. The van der Waals surface area contributed by atoms with E-state index in [1.807, 2.05) is 42.1 Å². The van der Waals surface area contributed by atoms with Crippen LogP contribution in [0, 0.1) is 0 Å². The standard InChI is InChI=1S/C19H21N3O3S/c1-22-13-15(16-8-4-6-10-18(16)22)11-19(23)20-12-14-7-3-5-9-17(14)21-26(2,24)25/h3-10,13,21H,11-12H2,1-2H3,(H,20,23). The van der Waals surface area contributed by atoms with Gasteiger partial charge in [0.05, 0.1) is 18.4 Å². The van der Waals surface area contributed by atoms with Gasteiger partial charge in [0.2, 0.25) is 15.9 Å². The zero-order chi connectivity index (χ0) is 18.7. The molecule has 0 atom stereocenters. The van der Waals surface area contributed by atoms with E-state index in [0.717, 1.165) is 22.7 Å². The lowest BCUT2D eigenvalue weighted by molar-refractivity contribution is -0.120. The van der Waals surface area contributed by atoms with Gasteiger partial charge >= 0.3 is 0 Å². The molecule has 2 N–H and O–H groups in total. The third-order valence-electron chi connectivity index (χ3n) is 4.12. The minimum absolute atomic E-state index is 0.115. The fourth-order valence-corrected chi connectivity index (χ4v) is 3.57. The maximum atomic E-state index is 12.4. The van der Waals surface area contributed by atoms with Crippen LogP contribution in [0.3, 0.4) is 0 Å². The number of carbonyl (C=O) groups is 1. The highest BCUT2D eigenvalue weighted by molar-refractivity contribution is 7.92. The summed E-state index contributed by atoms with van der Waals surface area (Å²) in [5.74, 6) is -0.115. The molecule has 1 heterocycles. The summed E-state index contributed by atoms with van der Waals surface area (Å²) in [5, 5.41) is 3.92. The number of nitrogens with zero attached hydrogens (tertiary/aromatic N) is 1. The largest absolute Gasteiger partial charge is 0.352 e. The van der Waals surface area contributed by atoms with Gasteiger partial charge in [-0.05, 0) is 23.3 Å². The molecule has 3 rings (SSSR count). The first-order valence-corrected chi connectivity index (χ1v) is 10.1. The molecule has 0 aliphatic heterocycles. The number of anilines is 1. The zero-order valence-corrected chi connectivity index (χ0v) is 15.5. The molecule has 0 spiro atoms. The van der Waals surface area contributed by atoms with Crippen molar-refractivity contribution in [3.05, 3.63) is 65.9 Å². The summed E-state index contributed by atoms with van der Waals surface area (Å²) in [6.45, 7) is 0.252. The summed E-state index contributed by atoms with van der Waals surface area (Å²) < 4.78 is 27.4. The second-order valence-corrected chi connectivity index (χ2v) is 8.02. The van der Waals surface area contributed by atoms with E-state index in [9.17, 15) is 13.2 Å². The Morgan fingerprint density at radius 1 is 1.04 bits per heavy atom. The van der Waals surface area contributed by atoms with Crippen molar-refractivity contribution in [2.45, 2.75) is 13.0 Å².